The van der Waals surface area contributed by atoms with E-state index in [2.05, 4.69) is 5.32 Å². The molecule has 1 aromatic carbocycles. The molecular formula is C10H12FNS. The molecule has 3 heteroatoms. The molecule has 1 N–H and O–H groups in total. The third kappa shape index (κ3) is 2.45. The molecule has 0 aliphatic carbocycles. The molecule has 1 aliphatic rings. The van der Waals surface area contributed by atoms with Crippen molar-refractivity contribution in [1.29, 1.82) is 0 Å². The van der Waals surface area contributed by atoms with Gasteiger partial charge in [0.2, 0.25) is 0 Å². The Hall–Kier alpha value is -0.540. The number of benzene rings is 1. The van der Waals surface area contributed by atoms with Crippen molar-refractivity contribution in [2.24, 2.45) is 0 Å². The van der Waals surface area contributed by atoms with Crippen LogP contribution in [0.2, 0.25) is 0 Å². The number of thioether (sulfide) groups is 1. The number of rotatable bonds is 2. The van der Waals surface area contributed by atoms with Gasteiger partial charge in [0, 0.05) is 16.7 Å². The first kappa shape index (κ1) is 9.03. The summed E-state index contributed by atoms with van der Waals surface area (Å²) in [5, 5.41) is 3.97. The van der Waals surface area contributed by atoms with Gasteiger partial charge in [0.1, 0.15) is 5.82 Å². The Kier molecular flexibility index (Phi) is 2.86. The zero-order valence-corrected chi connectivity index (χ0v) is 8.11. The third-order valence-corrected chi connectivity index (χ3v) is 3.41. The van der Waals surface area contributed by atoms with Crippen LogP contribution in [0.15, 0.2) is 29.2 Å². The lowest BCUT2D eigenvalue weighted by atomic mass is 10.3. The van der Waals surface area contributed by atoms with E-state index >= 15 is 0 Å². The number of hydrogen-bond donors (Lipinski definition) is 1. The van der Waals surface area contributed by atoms with Crippen LogP contribution < -0.4 is 5.32 Å². The summed E-state index contributed by atoms with van der Waals surface area (Å²) in [5.41, 5.74) is 0. The van der Waals surface area contributed by atoms with Gasteiger partial charge in [0.25, 0.3) is 0 Å². The van der Waals surface area contributed by atoms with Gasteiger partial charge in [-0.25, -0.2) is 4.39 Å². The van der Waals surface area contributed by atoms with Gasteiger partial charge in [-0.3, -0.25) is 0 Å². The molecule has 1 nitrogen and oxygen atoms in total. The zero-order valence-electron chi connectivity index (χ0n) is 7.29. The van der Waals surface area contributed by atoms with Crippen LogP contribution in [0.3, 0.4) is 0 Å². The fourth-order valence-corrected chi connectivity index (χ4v) is 2.55. The summed E-state index contributed by atoms with van der Waals surface area (Å²) in [7, 11) is 0. The van der Waals surface area contributed by atoms with Crippen molar-refractivity contribution in [3.8, 4) is 0 Å². The lowest BCUT2D eigenvalue weighted by Crippen LogP contribution is -2.09. The molecule has 1 fully saturated rings. The molecule has 1 atom stereocenters. The van der Waals surface area contributed by atoms with Crippen LogP contribution in [0.1, 0.15) is 6.42 Å². The summed E-state index contributed by atoms with van der Waals surface area (Å²) >= 11 is 1.83. The Labute approximate surface area is 81.7 Å². The molecular weight excluding hydrogens is 185 g/mol. The van der Waals surface area contributed by atoms with Gasteiger partial charge in [-0.2, -0.15) is 0 Å². The lowest BCUT2D eigenvalue weighted by molar-refractivity contribution is 0.626. The maximum atomic E-state index is 12.6. The number of halogens is 1. The summed E-state index contributed by atoms with van der Waals surface area (Å²) in [6, 6.07) is 6.73. The monoisotopic (exact) mass is 197 g/mol. The maximum absolute atomic E-state index is 12.6. The largest absolute Gasteiger partial charge is 0.316 e. The van der Waals surface area contributed by atoms with E-state index in [1.165, 1.54) is 18.6 Å². The average molecular weight is 197 g/mol. The summed E-state index contributed by atoms with van der Waals surface area (Å²) < 4.78 is 12.6. The Balaban J connectivity index is 1.97. The number of hydrogen-bond acceptors (Lipinski definition) is 2. The van der Waals surface area contributed by atoms with Gasteiger partial charge in [0.15, 0.2) is 0 Å². The van der Waals surface area contributed by atoms with Gasteiger partial charge in [-0.1, -0.05) is 0 Å². The second-order valence-electron chi connectivity index (χ2n) is 3.19. The van der Waals surface area contributed by atoms with Gasteiger partial charge >= 0.3 is 0 Å². The molecule has 13 heavy (non-hydrogen) atoms. The minimum Gasteiger partial charge on any atom is -0.316 e. The minimum atomic E-state index is -0.158. The highest BCUT2D eigenvalue weighted by atomic mass is 32.2. The minimum absolute atomic E-state index is 0.158. The second kappa shape index (κ2) is 4.11. The molecule has 1 aliphatic heterocycles. The van der Waals surface area contributed by atoms with E-state index in [4.69, 9.17) is 0 Å². The molecule has 1 saturated heterocycles. The number of nitrogens with one attached hydrogen (secondary N) is 1. The molecule has 70 valence electrons. The van der Waals surface area contributed by atoms with Crippen LogP contribution in [0.5, 0.6) is 0 Å². The smallest absolute Gasteiger partial charge is 0.123 e. The normalized spacial score (nSPS) is 22.1. The molecule has 0 aromatic heterocycles. The molecule has 0 spiro atoms. The Morgan fingerprint density at radius 3 is 2.69 bits per heavy atom. The molecule has 0 saturated carbocycles. The predicted molar refractivity (Wildman–Crippen MR) is 53.5 cm³/mol. The Morgan fingerprint density at radius 1 is 1.31 bits per heavy atom. The van der Waals surface area contributed by atoms with Gasteiger partial charge in [-0.05, 0) is 37.2 Å². The highest BCUT2D eigenvalue weighted by Crippen LogP contribution is 2.26. The van der Waals surface area contributed by atoms with E-state index in [-0.39, 0.29) is 5.82 Å². The zero-order chi connectivity index (χ0) is 9.10. The van der Waals surface area contributed by atoms with Gasteiger partial charge in [-0.15, -0.1) is 11.8 Å². The SMILES string of the molecule is Fc1ccc(S[C@@H]2CCNC2)cc1. The van der Waals surface area contributed by atoms with Crippen LogP contribution in [-0.4, -0.2) is 18.3 Å². The maximum Gasteiger partial charge on any atom is 0.123 e. The van der Waals surface area contributed by atoms with Crippen LogP contribution in [0.25, 0.3) is 0 Å². The average Bonchev–Trinajstić information content (AvgIpc) is 2.62. The van der Waals surface area contributed by atoms with Crippen molar-refractivity contribution in [1.82, 2.24) is 5.32 Å². The fraction of sp³-hybridized carbons (Fsp3) is 0.400. The molecule has 1 heterocycles. The van der Waals surface area contributed by atoms with Crippen molar-refractivity contribution < 1.29 is 4.39 Å². The summed E-state index contributed by atoms with van der Waals surface area (Å²) in [4.78, 5) is 1.16. The lowest BCUT2D eigenvalue weighted by Gasteiger charge is -2.06. The second-order valence-corrected chi connectivity index (χ2v) is 4.56. The molecule has 0 radical (unpaired) electrons. The van der Waals surface area contributed by atoms with Crippen molar-refractivity contribution in [3.63, 3.8) is 0 Å². The van der Waals surface area contributed by atoms with Gasteiger partial charge in [0.05, 0.1) is 0 Å². The summed E-state index contributed by atoms with van der Waals surface area (Å²) in [6.45, 7) is 2.18. The quantitative estimate of drug-likeness (QED) is 0.780. The van der Waals surface area contributed by atoms with E-state index in [0.717, 1.165) is 18.0 Å². The molecule has 1 aromatic rings. The summed E-state index contributed by atoms with van der Waals surface area (Å²) in [5.74, 6) is -0.158. The third-order valence-electron chi connectivity index (χ3n) is 2.13. The molecule has 0 unspecified atom stereocenters. The van der Waals surface area contributed by atoms with E-state index < -0.39 is 0 Å². The van der Waals surface area contributed by atoms with Crippen LogP contribution >= 0.6 is 11.8 Å². The highest BCUT2D eigenvalue weighted by Gasteiger charge is 2.15. The Morgan fingerprint density at radius 2 is 2.08 bits per heavy atom. The first-order valence-corrected chi connectivity index (χ1v) is 5.35. The fourth-order valence-electron chi connectivity index (χ4n) is 1.43. The molecule has 0 amide bonds. The van der Waals surface area contributed by atoms with E-state index in [1.54, 1.807) is 0 Å². The Bertz CT molecular complexity index is 267. The highest BCUT2D eigenvalue weighted by molar-refractivity contribution is 8.00. The standard InChI is InChI=1S/C10H12FNS/c11-8-1-3-9(4-2-8)13-10-5-6-12-7-10/h1-4,10,12H,5-7H2/t10-/m1/s1. The van der Waals surface area contributed by atoms with Crippen LogP contribution in [0, 0.1) is 5.82 Å². The van der Waals surface area contributed by atoms with Crippen molar-refractivity contribution in [2.75, 3.05) is 13.1 Å². The topological polar surface area (TPSA) is 12.0 Å². The summed E-state index contributed by atoms with van der Waals surface area (Å²) in [6.07, 6.45) is 1.21. The van der Waals surface area contributed by atoms with Crippen molar-refractivity contribution in [2.45, 2.75) is 16.6 Å². The van der Waals surface area contributed by atoms with Crippen molar-refractivity contribution >= 4 is 11.8 Å². The van der Waals surface area contributed by atoms with E-state index in [9.17, 15) is 4.39 Å². The first-order chi connectivity index (χ1) is 6.34. The first-order valence-electron chi connectivity index (χ1n) is 4.47. The van der Waals surface area contributed by atoms with Gasteiger partial charge < -0.3 is 5.32 Å². The van der Waals surface area contributed by atoms with Crippen molar-refractivity contribution in [3.05, 3.63) is 30.1 Å². The molecule has 0 bridgehead atoms. The van der Waals surface area contributed by atoms with E-state index in [0.29, 0.717) is 5.25 Å². The molecule has 2 rings (SSSR count). The predicted octanol–water partition coefficient (Wildman–Crippen LogP) is 2.28. The van der Waals surface area contributed by atoms with Crippen LogP contribution in [0.4, 0.5) is 4.39 Å². The van der Waals surface area contributed by atoms with E-state index in [1.807, 2.05) is 23.9 Å². The van der Waals surface area contributed by atoms with Crippen LogP contribution in [-0.2, 0) is 0 Å².